The predicted octanol–water partition coefficient (Wildman–Crippen LogP) is 1.27. The molecule has 0 saturated heterocycles. The number of aldehydes is 1. The van der Waals surface area contributed by atoms with Crippen molar-refractivity contribution in [1.29, 1.82) is 0 Å². The average Bonchev–Trinajstić information content (AvgIpc) is 2.26. The Hall–Kier alpha value is -0.420. The fraction of sp³-hybridized carbons (Fsp3) is 0.889. The lowest BCUT2D eigenvalue weighted by Crippen LogP contribution is -2.35. The lowest BCUT2D eigenvalue weighted by atomic mass is 9.80. The zero-order valence-electron chi connectivity index (χ0n) is 8.43. The summed E-state index contributed by atoms with van der Waals surface area (Å²) in [6.45, 7) is 3.60. The van der Waals surface area contributed by atoms with Crippen molar-refractivity contribution in [3.8, 4) is 0 Å². The Morgan fingerprint density at radius 1 is 1.43 bits per heavy atom. The van der Waals surface area contributed by atoms with Gasteiger partial charge in [0.25, 0.3) is 10.1 Å². The Balaban J connectivity index is 2.91. The third-order valence-corrected chi connectivity index (χ3v) is 4.96. The van der Waals surface area contributed by atoms with Crippen LogP contribution in [0, 0.1) is 11.3 Å². The van der Waals surface area contributed by atoms with E-state index >= 15 is 0 Å². The zero-order valence-corrected chi connectivity index (χ0v) is 9.25. The first kappa shape index (κ1) is 11.7. The van der Waals surface area contributed by atoms with Crippen LogP contribution < -0.4 is 0 Å². The highest BCUT2D eigenvalue weighted by Gasteiger charge is 2.48. The highest BCUT2D eigenvalue weighted by atomic mass is 32.2. The van der Waals surface area contributed by atoms with Gasteiger partial charge in [-0.2, -0.15) is 8.42 Å². The molecule has 14 heavy (non-hydrogen) atoms. The van der Waals surface area contributed by atoms with E-state index in [9.17, 15) is 13.2 Å². The summed E-state index contributed by atoms with van der Waals surface area (Å²) in [6, 6.07) is 0. The molecule has 2 unspecified atom stereocenters. The van der Waals surface area contributed by atoms with Crippen molar-refractivity contribution in [2.24, 2.45) is 11.3 Å². The van der Waals surface area contributed by atoms with E-state index in [1.54, 1.807) is 13.8 Å². The highest BCUT2D eigenvalue weighted by Crippen LogP contribution is 2.47. The molecular weight excluding hydrogens is 204 g/mol. The van der Waals surface area contributed by atoms with E-state index in [4.69, 9.17) is 4.55 Å². The molecule has 1 aliphatic carbocycles. The summed E-state index contributed by atoms with van der Waals surface area (Å²) >= 11 is 0. The van der Waals surface area contributed by atoms with Crippen LogP contribution in [0.4, 0.5) is 0 Å². The van der Waals surface area contributed by atoms with Gasteiger partial charge in [-0.25, -0.2) is 0 Å². The SMILES string of the molecule is CC1(C)C(CC=O)CCC1S(=O)(=O)O. The molecule has 0 aromatic rings. The lowest BCUT2D eigenvalue weighted by molar-refractivity contribution is -0.109. The monoisotopic (exact) mass is 220 g/mol. The van der Waals surface area contributed by atoms with Gasteiger partial charge in [0.1, 0.15) is 6.29 Å². The van der Waals surface area contributed by atoms with E-state index in [-0.39, 0.29) is 5.92 Å². The van der Waals surface area contributed by atoms with Crippen LogP contribution in [0.1, 0.15) is 33.1 Å². The van der Waals surface area contributed by atoms with Crippen molar-refractivity contribution in [3.63, 3.8) is 0 Å². The van der Waals surface area contributed by atoms with Gasteiger partial charge in [0.15, 0.2) is 0 Å². The molecule has 0 spiro atoms. The van der Waals surface area contributed by atoms with Crippen molar-refractivity contribution in [1.82, 2.24) is 0 Å². The fourth-order valence-corrected chi connectivity index (χ4v) is 3.82. The summed E-state index contributed by atoms with van der Waals surface area (Å²) in [4.78, 5) is 10.4. The zero-order chi connectivity index (χ0) is 11.0. The summed E-state index contributed by atoms with van der Waals surface area (Å²) in [5, 5.41) is -0.722. The third kappa shape index (κ3) is 1.98. The number of hydrogen-bond acceptors (Lipinski definition) is 3. The van der Waals surface area contributed by atoms with Crippen molar-refractivity contribution in [2.45, 2.75) is 38.4 Å². The van der Waals surface area contributed by atoms with Gasteiger partial charge in [-0.3, -0.25) is 4.55 Å². The highest BCUT2D eigenvalue weighted by molar-refractivity contribution is 7.86. The second kappa shape index (κ2) is 3.62. The molecule has 0 aromatic carbocycles. The van der Waals surface area contributed by atoms with Gasteiger partial charge in [-0.05, 0) is 24.2 Å². The van der Waals surface area contributed by atoms with Crippen LogP contribution in [-0.2, 0) is 14.9 Å². The molecule has 1 rings (SSSR count). The molecule has 0 aromatic heterocycles. The first-order valence-electron chi connectivity index (χ1n) is 4.70. The van der Waals surface area contributed by atoms with Crippen LogP contribution >= 0.6 is 0 Å². The largest absolute Gasteiger partial charge is 0.303 e. The third-order valence-electron chi connectivity index (χ3n) is 3.40. The van der Waals surface area contributed by atoms with Gasteiger partial charge in [0.2, 0.25) is 0 Å². The Labute approximate surface area is 84.4 Å². The van der Waals surface area contributed by atoms with E-state index in [1.807, 2.05) is 0 Å². The van der Waals surface area contributed by atoms with Gasteiger partial charge >= 0.3 is 0 Å². The summed E-state index contributed by atoms with van der Waals surface area (Å²) in [6.07, 6.45) is 2.33. The van der Waals surface area contributed by atoms with E-state index in [2.05, 4.69) is 0 Å². The molecule has 1 N–H and O–H groups in total. The van der Waals surface area contributed by atoms with Gasteiger partial charge in [0, 0.05) is 6.42 Å². The van der Waals surface area contributed by atoms with E-state index < -0.39 is 20.8 Å². The Morgan fingerprint density at radius 3 is 2.36 bits per heavy atom. The molecule has 1 fully saturated rings. The molecule has 0 radical (unpaired) electrons. The molecule has 1 saturated carbocycles. The van der Waals surface area contributed by atoms with E-state index in [0.29, 0.717) is 19.3 Å². The average molecular weight is 220 g/mol. The molecule has 2 atom stereocenters. The van der Waals surface area contributed by atoms with E-state index in [0.717, 1.165) is 6.29 Å². The summed E-state index contributed by atoms with van der Waals surface area (Å²) in [7, 11) is -3.98. The molecular formula is C9H16O4S. The van der Waals surface area contributed by atoms with Gasteiger partial charge in [0.05, 0.1) is 5.25 Å². The number of carbonyl (C=O) groups is 1. The van der Waals surface area contributed by atoms with Gasteiger partial charge in [-0.1, -0.05) is 13.8 Å². The van der Waals surface area contributed by atoms with Crippen molar-refractivity contribution >= 4 is 16.4 Å². The molecule has 5 heteroatoms. The van der Waals surface area contributed by atoms with Crippen molar-refractivity contribution < 1.29 is 17.8 Å². The molecule has 82 valence electrons. The fourth-order valence-electron chi connectivity index (χ4n) is 2.43. The van der Waals surface area contributed by atoms with Crippen LogP contribution in [0.3, 0.4) is 0 Å². The summed E-state index contributed by atoms with van der Waals surface area (Å²) in [5.41, 5.74) is -0.505. The summed E-state index contributed by atoms with van der Waals surface area (Å²) in [5.74, 6) is 0.0620. The van der Waals surface area contributed by atoms with Gasteiger partial charge in [-0.15, -0.1) is 0 Å². The first-order chi connectivity index (χ1) is 6.30. The predicted molar refractivity (Wildman–Crippen MR) is 52.5 cm³/mol. The Bertz CT molecular complexity index is 318. The second-order valence-corrected chi connectivity index (χ2v) is 6.10. The number of carbonyl (C=O) groups excluding carboxylic acids is 1. The van der Waals surface area contributed by atoms with Crippen LogP contribution in [0.5, 0.6) is 0 Å². The number of hydrogen-bond donors (Lipinski definition) is 1. The minimum Gasteiger partial charge on any atom is -0.303 e. The quantitative estimate of drug-likeness (QED) is 0.574. The maximum Gasteiger partial charge on any atom is 0.268 e. The normalized spacial score (nSPS) is 31.6. The summed E-state index contributed by atoms with van der Waals surface area (Å²) < 4.78 is 31.2. The lowest BCUT2D eigenvalue weighted by Gasteiger charge is -2.30. The van der Waals surface area contributed by atoms with Gasteiger partial charge < -0.3 is 4.79 Å². The van der Waals surface area contributed by atoms with Crippen LogP contribution in [-0.4, -0.2) is 24.5 Å². The number of rotatable bonds is 3. The molecule has 0 bridgehead atoms. The molecule has 4 nitrogen and oxygen atoms in total. The Kier molecular flexibility index (Phi) is 3.02. The molecule has 0 amide bonds. The maximum atomic E-state index is 11.1. The minimum atomic E-state index is -3.98. The molecule has 0 heterocycles. The Morgan fingerprint density at radius 2 is 2.00 bits per heavy atom. The van der Waals surface area contributed by atoms with Crippen molar-refractivity contribution in [2.75, 3.05) is 0 Å². The van der Waals surface area contributed by atoms with Crippen molar-refractivity contribution in [3.05, 3.63) is 0 Å². The standard InChI is InChI=1S/C9H16O4S/c1-9(2)7(5-6-10)3-4-8(9)14(11,12)13/h6-8H,3-5H2,1-2H3,(H,11,12,13). The minimum absolute atomic E-state index is 0.0620. The van der Waals surface area contributed by atoms with E-state index in [1.165, 1.54) is 0 Å². The smallest absolute Gasteiger partial charge is 0.268 e. The topological polar surface area (TPSA) is 71.4 Å². The molecule has 0 aliphatic heterocycles. The first-order valence-corrected chi connectivity index (χ1v) is 6.20. The second-order valence-electron chi connectivity index (χ2n) is 4.50. The maximum absolute atomic E-state index is 11.1. The van der Waals surface area contributed by atoms with Crippen LogP contribution in [0.15, 0.2) is 0 Å². The van der Waals surface area contributed by atoms with Crippen LogP contribution in [0.2, 0.25) is 0 Å². The molecule has 1 aliphatic rings. The van der Waals surface area contributed by atoms with Crippen LogP contribution in [0.25, 0.3) is 0 Å².